The molecule has 3 N–H and O–H groups in total. The average Bonchev–Trinajstić information content (AvgIpc) is 2.43. The van der Waals surface area contributed by atoms with E-state index in [0.717, 1.165) is 18.2 Å². The van der Waals surface area contributed by atoms with Gasteiger partial charge >= 0.3 is 0 Å². The smallest absolute Gasteiger partial charge is 0.225 e. The Morgan fingerprint density at radius 3 is 2.85 bits per heavy atom. The highest BCUT2D eigenvalue weighted by molar-refractivity contribution is 14.0. The van der Waals surface area contributed by atoms with Gasteiger partial charge in [-0.05, 0) is 18.6 Å². The van der Waals surface area contributed by atoms with Gasteiger partial charge in [0.25, 0.3) is 0 Å². The largest absolute Gasteiger partial charge is 0.357 e. The highest BCUT2D eigenvalue weighted by atomic mass is 127. The zero-order valence-corrected chi connectivity index (χ0v) is 14.1. The number of carbonyl (C=O) groups excluding carboxylic acids is 1. The molecule has 1 aromatic carbocycles. The number of hydrogen-bond donors (Lipinski definition) is 3. The number of para-hydroxylation sites is 1. The van der Waals surface area contributed by atoms with Crippen molar-refractivity contribution >= 4 is 41.5 Å². The summed E-state index contributed by atoms with van der Waals surface area (Å²) in [5.41, 5.74) is 2.10. The Morgan fingerprint density at radius 2 is 2.15 bits per heavy atom. The van der Waals surface area contributed by atoms with Gasteiger partial charge in [-0.3, -0.25) is 9.79 Å². The summed E-state index contributed by atoms with van der Waals surface area (Å²) in [7, 11) is 1.74. The zero-order chi connectivity index (χ0) is 13.7. The molecule has 1 heterocycles. The van der Waals surface area contributed by atoms with Gasteiger partial charge in [-0.15, -0.1) is 24.0 Å². The molecule has 0 saturated heterocycles. The molecule has 110 valence electrons. The molecule has 1 atom stereocenters. The first kappa shape index (κ1) is 16.7. The lowest BCUT2D eigenvalue weighted by molar-refractivity contribution is -0.116. The molecular weight excluding hydrogens is 367 g/mol. The highest BCUT2D eigenvalue weighted by Gasteiger charge is 2.24. The maximum absolute atomic E-state index is 11.7. The first-order chi connectivity index (χ1) is 9.24. The molecule has 6 heteroatoms. The fraction of sp³-hybridized carbons (Fsp3) is 0.429. The third-order valence-corrected chi connectivity index (χ3v) is 3.19. The summed E-state index contributed by atoms with van der Waals surface area (Å²) in [6.45, 7) is 3.54. The standard InChI is InChI=1S/C14H20N4O.HI/c1-3-16-14(15-2)17-9-10-8-13(19)18-12-7-5-4-6-11(10)12;/h4-7,10H,3,8-9H2,1-2H3,(H,18,19)(H2,15,16,17);1H. The Kier molecular flexibility index (Phi) is 6.77. The van der Waals surface area contributed by atoms with Crippen molar-refractivity contribution in [3.8, 4) is 0 Å². The molecule has 1 unspecified atom stereocenters. The van der Waals surface area contributed by atoms with Crippen molar-refractivity contribution in [2.45, 2.75) is 19.3 Å². The van der Waals surface area contributed by atoms with Crippen LogP contribution in [0.2, 0.25) is 0 Å². The maximum atomic E-state index is 11.7. The number of guanidine groups is 1. The Bertz CT molecular complexity index is 490. The molecule has 1 aliphatic heterocycles. The number of carbonyl (C=O) groups is 1. The van der Waals surface area contributed by atoms with Crippen LogP contribution < -0.4 is 16.0 Å². The number of halogens is 1. The fourth-order valence-electron chi connectivity index (χ4n) is 2.29. The van der Waals surface area contributed by atoms with Gasteiger partial charge in [-0.25, -0.2) is 0 Å². The summed E-state index contributed by atoms with van der Waals surface area (Å²) < 4.78 is 0. The van der Waals surface area contributed by atoms with Gasteiger partial charge in [-0.1, -0.05) is 18.2 Å². The van der Waals surface area contributed by atoms with E-state index < -0.39 is 0 Å². The van der Waals surface area contributed by atoms with E-state index in [2.05, 4.69) is 27.0 Å². The van der Waals surface area contributed by atoms with Gasteiger partial charge in [0, 0.05) is 38.2 Å². The molecule has 1 amide bonds. The molecule has 5 nitrogen and oxygen atoms in total. The summed E-state index contributed by atoms with van der Waals surface area (Å²) in [6.07, 6.45) is 0.507. The minimum Gasteiger partial charge on any atom is -0.357 e. The molecule has 0 aliphatic carbocycles. The van der Waals surface area contributed by atoms with E-state index in [0.29, 0.717) is 13.0 Å². The van der Waals surface area contributed by atoms with Crippen LogP contribution in [0.4, 0.5) is 5.69 Å². The Hall–Kier alpha value is -1.31. The lowest BCUT2D eigenvalue weighted by Gasteiger charge is -2.26. The average molecular weight is 388 g/mol. The molecule has 0 bridgehead atoms. The van der Waals surface area contributed by atoms with Crippen LogP contribution in [0, 0.1) is 0 Å². The number of fused-ring (bicyclic) bond motifs is 1. The second-order valence-electron chi connectivity index (χ2n) is 4.52. The summed E-state index contributed by atoms with van der Waals surface area (Å²) in [6, 6.07) is 7.95. The number of nitrogens with one attached hydrogen (secondary N) is 3. The van der Waals surface area contributed by atoms with Crippen molar-refractivity contribution in [2.75, 3.05) is 25.5 Å². The first-order valence-electron chi connectivity index (χ1n) is 6.58. The third kappa shape index (κ3) is 4.09. The van der Waals surface area contributed by atoms with Gasteiger partial charge in [0.2, 0.25) is 5.91 Å². The summed E-state index contributed by atoms with van der Waals surface area (Å²) in [4.78, 5) is 15.8. The zero-order valence-electron chi connectivity index (χ0n) is 11.8. The van der Waals surface area contributed by atoms with Crippen LogP contribution in [-0.2, 0) is 4.79 Å². The highest BCUT2D eigenvalue weighted by Crippen LogP contribution is 2.31. The van der Waals surface area contributed by atoms with Gasteiger partial charge in [0.1, 0.15) is 0 Å². The molecule has 1 aliphatic rings. The number of nitrogens with zero attached hydrogens (tertiary/aromatic N) is 1. The number of hydrogen-bond acceptors (Lipinski definition) is 2. The fourth-order valence-corrected chi connectivity index (χ4v) is 2.29. The molecule has 0 aromatic heterocycles. The topological polar surface area (TPSA) is 65.5 Å². The van der Waals surface area contributed by atoms with Crippen LogP contribution in [-0.4, -0.2) is 32.0 Å². The predicted molar refractivity (Wildman–Crippen MR) is 92.9 cm³/mol. The predicted octanol–water partition coefficient (Wildman–Crippen LogP) is 1.92. The first-order valence-corrected chi connectivity index (χ1v) is 6.58. The monoisotopic (exact) mass is 388 g/mol. The van der Waals surface area contributed by atoms with E-state index in [-0.39, 0.29) is 35.8 Å². The van der Waals surface area contributed by atoms with E-state index in [1.807, 2.05) is 25.1 Å². The molecule has 0 fully saturated rings. The minimum atomic E-state index is 0. The van der Waals surface area contributed by atoms with Crippen LogP contribution in [0.25, 0.3) is 0 Å². The Morgan fingerprint density at radius 1 is 1.40 bits per heavy atom. The molecule has 2 rings (SSSR count). The van der Waals surface area contributed by atoms with Crippen molar-refractivity contribution in [1.82, 2.24) is 10.6 Å². The van der Waals surface area contributed by atoms with E-state index in [4.69, 9.17) is 0 Å². The molecule has 0 radical (unpaired) electrons. The number of amides is 1. The van der Waals surface area contributed by atoms with Gasteiger partial charge in [-0.2, -0.15) is 0 Å². The lowest BCUT2D eigenvalue weighted by atomic mass is 9.90. The molecule has 0 saturated carbocycles. The van der Waals surface area contributed by atoms with Crippen LogP contribution in [0.5, 0.6) is 0 Å². The molecule has 20 heavy (non-hydrogen) atoms. The van der Waals surface area contributed by atoms with E-state index >= 15 is 0 Å². The van der Waals surface area contributed by atoms with Crippen LogP contribution in [0.1, 0.15) is 24.8 Å². The number of aliphatic imine (C=N–C) groups is 1. The summed E-state index contributed by atoms with van der Waals surface area (Å²) in [5.74, 6) is 1.02. The Balaban J connectivity index is 0.00000200. The maximum Gasteiger partial charge on any atom is 0.225 e. The van der Waals surface area contributed by atoms with E-state index in [1.165, 1.54) is 5.56 Å². The molecule has 0 spiro atoms. The quantitative estimate of drug-likeness (QED) is 0.421. The van der Waals surface area contributed by atoms with Crippen LogP contribution >= 0.6 is 24.0 Å². The number of benzene rings is 1. The molecule has 1 aromatic rings. The van der Waals surface area contributed by atoms with Crippen molar-refractivity contribution in [2.24, 2.45) is 4.99 Å². The number of anilines is 1. The van der Waals surface area contributed by atoms with Gasteiger partial charge < -0.3 is 16.0 Å². The van der Waals surface area contributed by atoms with Gasteiger partial charge in [0.05, 0.1) is 0 Å². The molecular formula is C14H21IN4O. The summed E-state index contributed by atoms with van der Waals surface area (Å²) >= 11 is 0. The summed E-state index contributed by atoms with van der Waals surface area (Å²) in [5, 5.41) is 9.31. The van der Waals surface area contributed by atoms with E-state index in [9.17, 15) is 4.79 Å². The van der Waals surface area contributed by atoms with E-state index in [1.54, 1.807) is 7.05 Å². The Labute approximate surface area is 136 Å². The van der Waals surface area contributed by atoms with Crippen molar-refractivity contribution in [3.63, 3.8) is 0 Å². The number of rotatable bonds is 3. The second kappa shape index (κ2) is 8.08. The van der Waals surface area contributed by atoms with Crippen molar-refractivity contribution < 1.29 is 4.79 Å². The van der Waals surface area contributed by atoms with Crippen LogP contribution in [0.3, 0.4) is 0 Å². The van der Waals surface area contributed by atoms with Crippen molar-refractivity contribution in [3.05, 3.63) is 29.8 Å². The lowest BCUT2D eigenvalue weighted by Crippen LogP contribution is -2.40. The third-order valence-electron chi connectivity index (χ3n) is 3.19. The van der Waals surface area contributed by atoms with Crippen LogP contribution in [0.15, 0.2) is 29.3 Å². The normalized spacial score (nSPS) is 17.6. The van der Waals surface area contributed by atoms with Crippen molar-refractivity contribution in [1.29, 1.82) is 0 Å². The van der Waals surface area contributed by atoms with Gasteiger partial charge in [0.15, 0.2) is 5.96 Å². The second-order valence-corrected chi connectivity index (χ2v) is 4.52. The minimum absolute atomic E-state index is 0. The SMILES string of the molecule is CCNC(=NC)NCC1CC(=O)Nc2ccccc21.I.